The number of amides is 1. The number of carboxylic acid groups (broad SMARTS) is 1. The summed E-state index contributed by atoms with van der Waals surface area (Å²) in [6, 6.07) is 12.7. The Morgan fingerprint density at radius 2 is 2.00 bits per heavy atom. The van der Waals surface area contributed by atoms with Crippen LogP contribution in [-0.2, 0) is 11.2 Å². The summed E-state index contributed by atoms with van der Waals surface area (Å²) in [6.45, 7) is 0. The average Bonchev–Trinajstić information content (AvgIpc) is 3.17. The van der Waals surface area contributed by atoms with Gasteiger partial charge in [0.2, 0.25) is 5.91 Å². The van der Waals surface area contributed by atoms with E-state index in [9.17, 15) is 9.59 Å². The lowest BCUT2D eigenvalue weighted by Gasteiger charge is -2.12. The number of anilines is 1. The molecule has 2 N–H and O–H groups in total. The summed E-state index contributed by atoms with van der Waals surface area (Å²) in [5.41, 5.74) is 3.27. The monoisotopic (exact) mass is 323 g/mol. The lowest BCUT2D eigenvalue weighted by atomic mass is 10.0. The van der Waals surface area contributed by atoms with Crippen LogP contribution < -0.4 is 10.1 Å². The molecule has 5 nitrogen and oxygen atoms in total. The van der Waals surface area contributed by atoms with E-state index in [0.29, 0.717) is 23.3 Å². The van der Waals surface area contributed by atoms with Gasteiger partial charge in [-0.25, -0.2) is 4.79 Å². The molecule has 0 spiro atoms. The van der Waals surface area contributed by atoms with Gasteiger partial charge in [0.15, 0.2) is 0 Å². The van der Waals surface area contributed by atoms with Crippen molar-refractivity contribution < 1.29 is 19.4 Å². The Labute approximate surface area is 139 Å². The van der Waals surface area contributed by atoms with E-state index in [4.69, 9.17) is 9.84 Å². The van der Waals surface area contributed by atoms with Crippen LogP contribution in [0.4, 0.5) is 5.69 Å². The zero-order chi connectivity index (χ0) is 16.8. The molecular weight excluding hydrogens is 306 g/mol. The topological polar surface area (TPSA) is 75.6 Å². The van der Waals surface area contributed by atoms with Gasteiger partial charge in [0.05, 0.1) is 18.4 Å². The van der Waals surface area contributed by atoms with Crippen molar-refractivity contribution in [1.82, 2.24) is 0 Å². The molecule has 0 aromatic heterocycles. The molecule has 2 aliphatic carbocycles. The van der Waals surface area contributed by atoms with E-state index in [1.54, 1.807) is 6.07 Å². The number of benzene rings is 2. The van der Waals surface area contributed by atoms with Crippen LogP contribution in [0.3, 0.4) is 0 Å². The molecule has 0 saturated heterocycles. The maximum atomic E-state index is 12.6. The second kappa shape index (κ2) is 5.37. The van der Waals surface area contributed by atoms with Gasteiger partial charge in [0.25, 0.3) is 0 Å². The molecule has 0 aliphatic heterocycles. The van der Waals surface area contributed by atoms with Gasteiger partial charge in [-0.05, 0) is 47.6 Å². The molecule has 0 bridgehead atoms. The normalized spacial score (nSPS) is 23.1. The fourth-order valence-electron chi connectivity index (χ4n) is 3.85. The highest BCUT2D eigenvalue weighted by Crippen LogP contribution is 2.61. The zero-order valence-corrected chi connectivity index (χ0v) is 13.2. The summed E-state index contributed by atoms with van der Waals surface area (Å²) < 4.78 is 5.21. The summed E-state index contributed by atoms with van der Waals surface area (Å²) in [5.74, 6) is -0.0178. The molecule has 2 aliphatic rings. The van der Waals surface area contributed by atoms with Crippen molar-refractivity contribution >= 4 is 17.6 Å². The van der Waals surface area contributed by atoms with Crippen LogP contribution in [0.15, 0.2) is 42.5 Å². The number of carbonyl (C=O) groups excluding carboxylic acids is 1. The molecule has 1 amide bonds. The Morgan fingerprint density at radius 1 is 1.21 bits per heavy atom. The van der Waals surface area contributed by atoms with Crippen LogP contribution >= 0.6 is 0 Å². The highest BCUT2D eigenvalue weighted by Gasteiger charge is 2.59. The molecule has 0 heterocycles. The zero-order valence-electron chi connectivity index (χ0n) is 13.2. The molecule has 0 radical (unpaired) electrons. The van der Waals surface area contributed by atoms with E-state index < -0.39 is 5.97 Å². The first kappa shape index (κ1) is 14.8. The Bertz CT molecular complexity index is 845. The Morgan fingerprint density at radius 3 is 2.75 bits per heavy atom. The van der Waals surface area contributed by atoms with E-state index in [1.165, 1.54) is 30.4 Å². The number of aromatic carboxylic acids is 1. The van der Waals surface area contributed by atoms with Gasteiger partial charge in [-0.1, -0.05) is 24.3 Å². The van der Waals surface area contributed by atoms with Crippen molar-refractivity contribution in [2.24, 2.45) is 11.8 Å². The van der Waals surface area contributed by atoms with Crippen LogP contribution in [0, 0.1) is 11.8 Å². The van der Waals surface area contributed by atoms with Gasteiger partial charge in [-0.3, -0.25) is 4.79 Å². The largest absolute Gasteiger partial charge is 0.495 e. The van der Waals surface area contributed by atoms with Crippen LogP contribution in [0.25, 0.3) is 0 Å². The predicted molar refractivity (Wildman–Crippen MR) is 88.5 cm³/mol. The third-order valence-corrected chi connectivity index (χ3v) is 5.05. The van der Waals surface area contributed by atoms with Crippen molar-refractivity contribution in [3.63, 3.8) is 0 Å². The van der Waals surface area contributed by atoms with Crippen molar-refractivity contribution in [1.29, 1.82) is 0 Å². The number of nitrogens with one attached hydrogen (secondary N) is 1. The van der Waals surface area contributed by atoms with E-state index >= 15 is 0 Å². The van der Waals surface area contributed by atoms with E-state index in [-0.39, 0.29) is 17.4 Å². The van der Waals surface area contributed by atoms with E-state index in [0.717, 1.165) is 6.42 Å². The number of rotatable bonds is 4. The first-order valence-electron chi connectivity index (χ1n) is 7.90. The molecule has 3 unspecified atom stereocenters. The van der Waals surface area contributed by atoms with Crippen LogP contribution in [0.2, 0.25) is 0 Å². The minimum atomic E-state index is -1.03. The second-order valence-electron chi connectivity index (χ2n) is 6.33. The Hall–Kier alpha value is -2.82. The molecule has 24 heavy (non-hydrogen) atoms. The minimum Gasteiger partial charge on any atom is -0.495 e. The lowest BCUT2D eigenvalue weighted by molar-refractivity contribution is -0.117. The van der Waals surface area contributed by atoms with Crippen molar-refractivity contribution in [2.75, 3.05) is 12.4 Å². The van der Waals surface area contributed by atoms with Crippen LogP contribution in [0.5, 0.6) is 5.75 Å². The maximum Gasteiger partial charge on any atom is 0.335 e. The minimum absolute atomic E-state index is 0.0104. The highest BCUT2D eigenvalue weighted by molar-refractivity contribution is 5.98. The quantitative estimate of drug-likeness (QED) is 0.907. The summed E-state index contributed by atoms with van der Waals surface area (Å²) >= 11 is 0. The standard InChI is InChI=1S/C19H17NO4/c1-24-15-9-11(19(22)23)6-7-14(15)20-18(21)17-13-8-10-4-2-3-5-12(10)16(13)17/h2-7,9,13,16-17H,8H2,1H3,(H,20,21)(H,22,23). The van der Waals surface area contributed by atoms with Gasteiger partial charge in [-0.15, -0.1) is 0 Å². The van der Waals surface area contributed by atoms with Crippen molar-refractivity contribution in [3.8, 4) is 5.75 Å². The average molecular weight is 323 g/mol. The maximum absolute atomic E-state index is 12.6. The second-order valence-corrected chi connectivity index (χ2v) is 6.33. The molecule has 2 aromatic rings. The summed E-state index contributed by atoms with van der Waals surface area (Å²) in [4.78, 5) is 23.6. The van der Waals surface area contributed by atoms with Crippen LogP contribution in [0.1, 0.15) is 27.4 Å². The van der Waals surface area contributed by atoms with Crippen molar-refractivity contribution in [3.05, 3.63) is 59.2 Å². The van der Waals surface area contributed by atoms with Gasteiger partial charge in [0.1, 0.15) is 5.75 Å². The summed E-state index contributed by atoms with van der Waals surface area (Å²) in [5, 5.41) is 11.9. The van der Waals surface area contributed by atoms with Gasteiger partial charge < -0.3 is 15.2 Å². The fourth-order valence-corrected chi connectivity index (χ4v) is 3.85. The van der Waals surface area contributed by atoms with E-state index in [1.807, 2.05) is 12.1 Å². The first-order valence-corrected chi connectivity index (χ1v) is 7.90. The number of carbonyl (C=O) groups is 2. The smallest absolute Gasteiger partial charge is 0.335 e. The molecule has 1 saturated carbocycles. The molecule has 1 fully saturated rings. The van der Waals surface area contributed by atoms with Gasteiger partial charge in [-0.2, -0.15) is 0 Å². The third-order valence-electron chi connectivity index (χ3n) is 5.05. The fraction of sp³-hybridized carbons (Fsp3) is 0.263. The predicted octanol–water partition coefficient (Wildman–Crippen LogP) is 2.92. The SMILES string of the molecule is COc1cc(C(=O)O)ccc1NC(=O)C1C2Cc3ccccc3C21. The first-order chi connectivity index (χ1) is 11.6. The number of ether oxygens (including phenoxy) is 1. The molecule has 5 heteroatoms. The molecule has 3 atom stereocenters. The molecule has 2 aromatic carbocycles. The Kier molecular flexibility index (Phi) is 3.30. The number of methoxy groups -OCH3 is 1. The number of carboxylic acids is 1. The van der Waals surface area contributed by atoms with Crippen LogP contribution in [-0.4, -0.2) is 24.1 Å². The third kappa shape index (κ3) is 2.24. The lowest BCUT2D eigenvalue weighted by Crippen LogP contribution is -2.17. The highest BCUT2D eigenvalue weighted by atomic mass is 16.5. The van der Waals surface area contributed by atoms with E-state index in [2.05, 4.69) is 17.4 Å². The number of fused-ring (bicyclic) bond motifs is 3. The number of hydrogen-bond donors (Lipinski definition) is 2. The summed E-state index contributed by atoms with van der Waals surface area (Å²) in [7, 11) is 1.46. The molecule has 4 rings (SSSR count). The molecular formula is C19H17NO4. The van der Waals surface area contributed by atoms with Gasteiger partial charge >= 0.3 is 5.97 Å². The molecule has 122 valence electrons. The van der Waals surface area contributed by atoms with Crippen molar-refractivity contribution in [2.45, 2.75) is 12.3 Å². The number of hydrogen-bond acceptors (Lipinski definition) is 3. The summed E-state index contributed by atoms with van der Waals surface area (Å²) in [6.07, 6.45) is 0.952. The van der Waals surface area contributed by atoms with Gasteiger partial charge in [0, 0.05) is 5.92 Å². The Balaban J connectivity index is 1.52.